The number of nitro groups is 1. The lowest BCUT2D eigenvalue weighted by atomic mass is 10.2. The molecule has 1 N–H and O–H groups in total. The molecule has 1 aromatic carbocycles. The highest BCUT2D eigenvalue weighted by atomic mass is 32.2. The van der Waals surface area contributed by atoms with Gasteiger partial charge in [-0.15, -0.1) is 6.58 Å². The molecule has 0 aromatic heterocycles. The lowest BCUT2D eigenvalue weighted by molar-refractivity contribution is -0.384. The number of sulfone groups is 1. The van der Waals surface area contributed by atoms with Crippen LogP contribution in [0.4, 0.5) is 11.4 Å². The Balaban J connectivity index is 2.74. The number of hydrogen-bond donors (Lipinski definition) is 1. The summed E-state index contributed by atoms with van der Waals surface area (Å²) in [6.07, 6.45) is 3.48. The third kappa shape index (κ3) is 5.52. The van der Waals surface area contributed by atoms with E-state index in [9.17, 15) is 18.5 Å². The maximum Gasteiger partial charge on any atom is 0.293 e. The van der Waals surface area contributed by atoms with Crippen molar-refractivity contribution < 1.29 is 18.1 Å². The van der Waals surface area contributed by atoms with E-state index >= 15 is 0 Å². The van der Waals surface area contributed by atoms with E-state index in [-0.39, 0.29) is 16.3 Å². The van der Waals surface area contributed by atoms with Crippen LogP contribution in [-0.4, -0.2) is 39.4 Å². The Bertz CT molecular complexity index is 613. The fourth-order valence-electron chi connectivity index (χ4n) is 1.57. The molecule has 7 nitrogen and oxygen atoms in total. The minimum Gasteiger partial charge on any atom is -0.379 e. The summed E-state index contributed by atoms with van der Waals surface area (Å²) < 4.78 is 28.1. The minimum atomic E-state index is -3.48. The van der Waals surface area contributed by atoms with Crippen LogP contribution in [0.2, 0.25) is 0 Å². The number of benzene rings is 1. The van der Waals surface area contributed by atoms with Crippen molar-refractivity contribution in [2.75, 3.05) is 31.3 Å². The predicted molar refractivity (Wildman–Crippen MR) is 80.3 cm³/mol. The predicted octanol–water partition coefficient (Wildman–Crippen LogP) is 2.00. The molecule has 0 aliphatic carbocycles. The van der Waals surface area contributed by atoms with Crippen molar-refractivity contribution in [1.29, 1.82) is 0 Å². The normalized spacial score (nSPS) is 11.1. The van der Waals surface area contributed by atoms with Crippen molar-refractivity contribution in [2.45, 2.75) is 11.3 Å². The molecule has 0 atom stereocenters. The van der Waals surface area contributed by atoms with E-state index in [0.29, 0.717) is 19.8 Å². The van der Waals surface area contributed by atoms with Crippen molar-refractivity contribution in [1.82, 2.24) is 0 Å². The molecule has 0 radical (unpaired) electrons. The molecule has 116 valence electrons. The van der Waals surface area contributed by atoms with Gasteiger partial charge < -0.3 is 10.1 Å². The van der Waals surface area contributed by atoms with Crippen LogP contribution in [0.1, 0.15) is 6.42 Å². The van der Waals surface area contributed by atoms with Crippen molar-refractivity contribution >= 4 is 21.2 Å². The van der Waals surface area contributed by atoms with Gasteiger partial charge in [0.05, 0.1) is 23.0 Å². The molecule has 0 amide bonds. The summed E-state index contributed by atoms with van der Waals surface area (Å²) in [4.78, 5) is 10.3. The Morgan fingerprint density at radius 1 is 1.43 bits per heavy atom. The van der Waals surface area contributed by atoms with Gasteiger partial charge in [0.2, 0.25) is 0 Å². The van der Waals surface area contributed by atoms with Gasteiger partial charge in [0.15, 0.2) is 9.84 Å². The molecule has 0 bridgehead atoms. The Hall–Kier alpha value is -1.93. The number of nitrogens with zero attached hydrogens (tertiary/aromatic N) is 1. The Morgan fingerprint density at radius 3 is 2.71 bits per heavy atom. The smallest absolute Gasteiger partial charge is 0.293 e. The molecule has 0 spiro atoms. The van der Waals surface area contributed by atoms with Gasteiger partial charge in [-0.25, -0.2) is 8.42 Å². The molecule has 1 aromatic rings. The quantitative estimate of drug-likeness (QED) is 0.324. The van der Waals surface area contributed by atoms with E-state index in [4.69, 9.17) is 4.74 Å². The third-order valence-corrected chi connectivity index (χ3v) is 3.73. The number of nitrogens with one attached hydrogen (secondary N) is 1. The second-order valence-corrected chi connectivity index (χ2v) is 6.34. The summed E-state index contributed by atoms with van der Waals surface area (Å²) in [5, 5.41) is 13.9. The van der Waals surface area contributed by atoms with Crippen LogP contribution in [0.5, 0.6) is 0 Å². The van der Waals surface area contributed by atoms with Crippen LogP contribution < -0.4 is 5.32 Å². The first kappa shape index (κ1) is 17.1. The van der Waals surface area contributed by atoms with E-state index in [2.05, 4.69) is 11.9 Å². The SMILES string of the molecule is C=CCCOCCNc1ccc(S(C)(=O)=O)cc1[N+](=O)[O-]. The first-order chi connectivity index (χ1) is 9.86. The highest BCUT2D eigenvalue weighted by Gasteiger charge is 2.18. The number of rotatable bonds is 9. The topological polar surface area (TPSA) is 98.5 Å². The molecule has 0 aliphatic heterocycles. The monoisotopic (exact) mass is 314 g/mol. The summed E-state index contributed by atoms with van der Waals surface area (Å²) in [6.45, 7) is 4.88. The summed E-state index contributed by atoms with van der Waals surface area (Å²) in [5.41, 5.74) is -0.0104. The highest BCUT2D eigenvalue weighted by Crippen LogP contribution is 2.27. The van der Waals surface area contributed by atoms with Crippen LogP contribution in [-0.2, 0) is 14.6 Å². The Kier molecular flexibility index (Phi) is 6.32. The van der Waals surface area contributed by atoms with Crippen LogP contribution in [0.3, 0.4) is 0 Å². The van der Waals surface area contributed by atoms with E-state index in [1.165, 1.54) is 12.1 Å². The molecular formula is C13H18N2O5S. The first-order valence-electron chi connectivity index (χ1n) is 6.27. The lowest BCUT2D eigenvalue weighted by Crippen LogP contribution is -2.11. The van der Waals surface area contributed by atoms with Gasteiger partial charge in [0, 0.05) is 18.9 Å². The molecule has 0 saturated heterocycles. The van der Waals surface area contributed by atoms with Gasteiger partial charge in [-0.1, -0.05) is 6.08 Å². The summed E-state index contributed by atoms with van der Waals surface area (Å²) in [7, 11) is -3.48. The number of ether oxygens (including phenoxy) is 1. The standard InChI is InChI=1S/C13H18N2O5S/c1-3-4-8-20-9-7-14-12-6-5-11(21(2,18)19)10-13(12)15(16)17/h3,5-6,10,14H,1,4,7-9H2,2H3. The van der Waals surface area contributed by atoms with E-state index < -0.39 is 14.8 Å². The van der Waals surface area contributed by atoms with Crippen molar-refractivity contribution in [3.63, 3.8) is 0 Å². The van der Waals surface area contributed by atoms with E-state index in [1.54, 1.807) is 6.08 Å². The average molecular weight is 314 g/mol. The maximum atomic E-state index is 11.4. The summed E-state index contributed by atoms with van der Waals surface area (Å²) in [6, 6.07) is 3.78. The van der Waals surface area contributed by atoms with Gasteiger partial charge in [0.1, 0.15) is 5.69 Å². The average Bonchev–Trinajstić information content (AvgIpc) is 2.41. The van der Waals surface area contributed by atoms with Crippen molar-refractivity contribution in [2.24, 2.45) is 0 Å². The van der Waals surface area contributed by atoms with Crippen LogP contribution in [0, 0.1) is 10.1 Å². The van der Waals surface area contributed by atoms with Crippen molar-refractivity contribution in [3.8, 4) is 0 Å². The second kappa shape index (κ2) is 7.75. The zero-order valence-electron chi connectivity index (χ0n) is 11.7. The molecule has 1 rings (SSSR count). The minimum absolute atomic E-state index is 0.0815. The van der Waals surface area contributed by atoms with Crippen LogP contribution in [0.15, 0.2) is 35.7 Å². The molecule has 0 heterocycles. The van der Waals surface area contributed by atoms with Gasteiger partial charge >= 0.3 is 0 Å². The van der Waals surface area contributed by atoms with Gasteiger partial charge in [-0.05, 0) is 18.6 Å². The third-order valence-electron chi connectivity index (χ3n) is 2.62. The molecule has 0 aliphatic rings. The Morgan fingerprint density at radius 2 is 2.14 bits per heavy atom. The van der Waals surface area contributed by atoms with Crippen LogP contribution >= 0.6 is 0 Å². The molecule has 0 unspecified atom stereocenters. The summed E-state index contributed by atoms with van der Waals surface area (Å²) >= 11 is 0. The van der Waals surface area contributed by atoms with Gasteiger partial charge in [-0.3, -0.25) is 10.1 Å². The molecule has 0 fully saturated rings. The number of anilines is 1. The van der Waals surface area contributed by atoms with Gasteiger partial charge in [-0.2, -0.15) is 0 Å². The maximum absolute atomic E-state index is 11.4. The van der Waals surface area contributed by atoms with E-state index in [0.717, 1.165) is 18.7 Å². The first-order valence-corrected chi connectivity index (χ1v) is 8.16. The number of nitro benzene ring substituents is 1. The van der Waals surface area contributed by atoms with Gasteiger partial charge in [0.25, 0.3) is 5.69 Å². The molecule has 21 heavy (non-hydrogen) atoms. The highest BCUT2D eigenvalue weighted by molar-refractivity contribution is 7.90. The zero-order valence-corrected chi connectivity index (χ0v) is 12.6. The number of hydrogen-bond acceptors (Lipinski definition) is 6. The lowest BCUT2D eigenvalue weighted by Gasteiger charge is -2.08. The molecular weight excluding hydrogens is 296 g/mol. The van der Waals surface area contributed by atoms with E-state index in [1.807, 2.05) is 0 Å². The van der Waals surface area contributed by atoms with Crippen LogP contribution in [0.25, 0.3) is 0 Å². The Labute approximate surface area is 123 Å². The molecule has 0 saturated carbocycles. The molecule has 8 heteroatoms. The fourth-order valence-corrected chi connectivity index (χ4v) is 2.21. The van der Waals surface area contributed by atoms with Crippen molar-refractivity contribution in [3.05, 3.63) is 41.0 Å². The largest absolute Gasteiger partial charge is 0.379 e. The fraction of sp³-hybridized carbons (Fsp3) is 0.385. The summed E-state index contributed by atoms with van der Waals surface area (Å²) in [5.74, 6) is 0. The second-order valence-electron chi connectivity index (χ2n) is 4.32. The zero-order chi connectivity index (χ0) is 15.9.